The molecule has 6 heteroatoms. The minimum atomic E-state index is -0.565. The summed E-state index contributed by atoms with van der Waals surface area (Å²) in [4.78, 5) is 29.0. The molecule has 0 unspecified atom stereocenters. The van der Waals surface area contributed by atoms with Gasteiger partial charge in [0.1, 0.15) is 11.8 Å². The van der Waals surface area contributed by atoms with Crippen molar-refractivity contribution >= 4 is 11.8 Å². The summed E-state index contributed by atoms with van der Waals surface area (Å²) in [5.41, 5.74) is 2.41. The van der Waals surface area contributed by atoms with Crippen molar-refractivity contribution in [1.29, 1.82) is 0 Å². The van der Waals surface area contributed by atoms with Crippen molar-refractivity contribution in [2.45, 2.75) is 26.4 Å². The van der Waals surface area contributed by atoms with E-state index < -0.39 is 6.04 Å². The number of carbonyl (C=O) groups is 2. The van der Waals surface area contributed by atoms with Crippen LogP contribution in [0.4, 0.5) is 0 Å². The topological polar surface area (TPSA) is 61.9 Å². The van der Waals surface area contributed by atoms with E-state index >= 15 is 0 Å². The standard InChI is InChI=1S/C23H29N3O3/c1-18-8-10-21(11-9-18)29-17-22(27)24-19(2)23(28)26-14-12-25(13-15-26)16-20-6-4-3-5-7-20/h3-11,19H,12-17H2,1-2H3,(H,24,27)/t19-/m0/s1. The summed E-state index contributed by atoms with van der Waals surface area (Å²) in [6.07, 6.45) is 0. The molecule has 1 aliphatic heterocycles. The average Bonchev–Trinajstić information content (AvgIpc) is 2.74. The van der Waals surface area contributed by atoms with Crippen LogP contribution in [0.5, 0.6) is 5.75 Å². The fourth-order valence-corrected chi connectivity index (χ4v) is 3.37. The van der Waals surface area contributed by atoms with Crippen molar-refractivity contribution in [2.24, 2.45) is 0 Å². The molecule has 0 aromatic heterocycles. The van der Waals surface area contributed by atoms with Crippen LogP contribution in [0.2, 0.25) is 0 Å². The van der Waals surface area contributed by atoms with Crippen molar-refractivity contribution in [3.63, 3.8) is 0 Å². The summed E-state index contributed by atoms with van der Waals surface area (Å²) < 4.78 is 5.48. The van der Waals surface area contributed by atoms with Crippen LogP contribution in [-0.4, -0.2) is 60.4 Å². The zero-order valence-electron chi connectivity index (χ0n) is 17.1. The van der Waals surface area contributed by atoms with Crippen molar-refractivity contribution in [2.75, 3.05) is 32.8 Å². The molecule has 2 aromatic rings. The van der Waals surface area contributed by atoms with Gasteiger partial charge in [-0.05, 0) is 31.5 Å². The molecule has 0 radical (unpaired) electrons. The maximum atomic E-state index is 12.7. The Bertz CT molecular complexity index is 800. The molecule has 1 heterocycles. The first-order valence-electron chi connectivity index (χ1n) is 10.0. The maximum absolute atomic E-state index is 12.7. The lowest BCUT2D eigenvalue weighted by molar-refractivity contribution is -0.137. The van der Waals surface area contributed by atoms with Crippen LogP contribution in [0.3, 0.4) is 0 Å². The van der Waals surface area contributed by atoms with Crippen LogP contribution in [0.1, 0.15) is 18.1 Å². The Morgan fingerprint density at radius 1 is 1.00 bits per heavy atom. The summed E-state index contributed by atoms with van der Waals surface area (Å²) in [5, 5.41) is 2.74. The van der Waals surface area contributed by atoms with E-state index in [9.17, 15) is 9.59 Å². The highest BCUT2D eigenvalue weighted by atomic mass is 16.5. The number of rotatable bonds is 7. The lowest BCUT2D eigenvalue weighted by atomic mass is 10.2. The molecule has 0 spiro atoms. The molecule has 154 valence electrons. The summed E-state index contributed by atoms with van der Waals surface area (Å²) >= 11 is 0. The zero-order valence-corrected chi connectivity index (χ0v) is 17.1. The second-order valence-corrected chi connectivity index (χ2v) is 7.48. The second kappa shape index (κ2) is 10.1. The SMILES string of the molecule is Cc1ccc(OCC(=O)N[C@@H](C)C(=O)N2CCN(Cc3ccccc3)CC2)cc1. The average molecular weight is 396 g/mol. The molecule has 1 saturated heterocycles. The third kappa shape index (κ3) is 6.32. The number of ether oxygens (including phenoxy) is 1. The van der Waals surface area contributed by atoms with E-state index in [1.165, 1.54) is 5.56 Å². The van der Waals surface area contributed by atoms with E-state index in [4.69, 9.17) is 4.74 Å². The van der Waals surface area contributed by atoms with Gasteiger partial charge in [0.15, 0.2) is 6.61 Å². The summed E-state index contributed by atoms with van der Waals surface area (Å²) in [7, 11) is 0. The number of amides is 2. The predicted octanol–water partition coefficient (Wildman–Crippen LogP) is 2.22. The predicted molar refractivity (Wildman–Crippen MR) is 113 cm³/mol. The van der Waals surface area contributed by atoms with E-state index in [-0.39, 0.29) is 18.4 Å². The lowest BCUT2D eigenvalue weighted by Crippen LogP contribution is -2.54. The molecule has 0 aliphatic carbocycles. The highest BCUT2D eigenvalue weighted by Crippen LogP contribution is 2.11. The quantitative estimate of drug-likeness (QED) is 0.781. The summed E-state index contributed by atoms with van der Waals surface area (Å²) in [5.74, 6) is 0.293. The van der Waals surface area contributed by atoms with Gasteiger partial charge in [-0.2, -0.15) is 0 Å². The number of hydrogen-bond acceptors (Lipinski definition) is 4. The molecule has 1 aliphatic rings. The first-order valence-corrected chi connectivity index (χ1v) is 10.0. The van der Waals surface area contributed by atoms with Gasteiger partial charge in [-0.25, -0.2) is 0 Å². The Morgan fingerprint density at radius 3 is 2.31 bits per heavy atom. The number of carbonyl (C=O) groups excluding carboxylic acids is 2. The number of nitrogens with zero attached hydrogens (tertiary/aromatic N) is 2. The molecule has 0 bridgehead atoms. The Kier molecular flexibility index (Phi) is 7.25. The molecule has 0 saturated carbocycles. The van der Waals surface area contributed by atoms with Crippen molar-refractivity contribution < 1.29 is 14.3 Å². The molecular weight excluding hydrogens is 366 g/mol. The van der Waals surface area contributed by atoms with Crippen molar-refractivity contribution in [3.05, 3.63) is 65.7 Å². The third-order valence-electron chi connectivity index (χ3n) is 5.07. The summed E-state index contributed by atoms with van der Waals surface area (Å²) in [6.45, 7) is 7.51. The maximum Gasteiger partial charge on any atom is 0.258 e. The van der Waals surface area contributed by atoms with Crippen LogP contribution in [-0.2, 0) is 16.1 Å². The van der Waals surface area contributed by atoms with Gasteiger partial charge in [0, 0.05) is 32.7 Å². The van der Waals surface area contributed by atoms with E-state index in [0.29, 0.717) is 18.8 Å². The van der Waals surface area contributed by atoms with Crippen molar-refractivity contribution in [1.82, 2.24) is 15.1 Å². The zero-order chi connectivity index (χ0) is 20.6. The number of aryl methyl sites for hydroxylation is 1. The van der Waals surface area contributed by atoms with Gasteiger partial charge in [0.25, 0.3) is 5.91 Å². The number of hydrogen-bond donors (Lipinski definition) is 1. The molecule has 1 fully saturated rings. The molecule has 2 aromatic carbocycles. The van der Waals surface area contributed by atoms with Gasteiger partial charge in [-0.1, -0.05) is 48.0 Å². The van der Waals surface area contributed by atoms with Gasteiger partial charge in [0.05, 0.1) is 0 Å². The number of nitrogens with one attached hydrogen (secondary N) is 1. The largest absolute Gasteiger partial charge is 0.484 e. The molecule has 29 heavy (non-hydrogen) atoms. The fraction of sp³-hybridized carbons (Fsp3) is 0.391. The minimum Gasteiger partial charge on any atom is -0.484 e. The van der Waals surface area contributed by atoms with Gasteiger partial charge < -0.3 is 15.0 Å². The number of benzene rings is 2. The van der Waals surface area contributed by atoms with Gasteiger partial charge >= 0.3 is 0 Å². The monoisotopic (exact) mass is 395 g/mol. The lowest BCUT2D eigenvalue weighted by Gasteiger charge is -2.36. The Balaban J connectivity index is 1.39. The highest BCUT2D eigenvalue weighted by Gasteiger charge is 2.25. The smallest absolute Gasteiger partial charge is 0.258 e. The van der Waals surface area contributed by atoms with Crippen LogP contribution in [0.15, 0.2) is 54.6 Å². The molecule has 1 N–H and O–H groups in total. The van der Waals surface area contributed by atoms with E-state index in [1.54, 1.807) is 6.92 Å². The third-order valence-corrected chi connectivity index (χ3v) is 5.07. The first kappa shape index (κ1) is 20.9. The van der Waals surface area contributed by atoms with Crippen LogP contribution >= 0.6 is 0 Å². The van der Waals surface area contributed by atoms with Gasteiger partial charge in [-0.15, -0.1) is 0 Å². The molecule has 2 amide bonds. The molecule has 1 atom stereocenters. The number of piperazine rings is 1. The fourth-order valence-electron chi connectivity index (χ4n) is 3.37. The van der Waals surface area contributed by atoms with E-state index in [1.807, 2.05) is 54.3 Å². The van der Waals surface area contributed by atoms with Crippen LogP contribution in [0.25, 0.3) is 0 Å². The highest BCUT2D eigenvalue weighted by molar-refractivity contribution is 5.87. The second-order valence-electron chi connectivity index (χ2n) is 7.48. The first-order chi connectivity index (χ1) is 14.0. The van der Waals surface area contributed by atoms with Crippen LogP contribution in [0, 0.1) is 6.92 Å². The molecule has 3 rings (SSSR count). The van der Waals surface area contributed by atoms with Crippen LogP contribution < -0.4 is 10.1 Å². The van der Waals surface area contributed by atoms with Gasteiger partial charge in [0.2, 0.25) is 5.91 Å². The van der Waals surface area contributed by atoms with Crippen molar-refractivity contribution in [3.8, 4) is 5.75 Å². The van der Waals surface area contributed by atoms with E-state index in [0.717, 1.165) is 25.2 Å². The van der Waals surface area contributed by atoms with E-state index in [2.05, 4.69) is 22.3 Å². The molecule has 6 nitrogen and oxygen atoms in total. The molecular formula is C23H29N3O3. The summed E-state index contributed by atoms with van der Waals surface area (Å²) in [6, 6.07) is 17.3. The normalized spacial score (nSPS) is 15.6. The minimum absolute atomic E-state index is 0.0481. The Hall–Kier alpha value is -2.86. The Morgan fingerprint density at radius 2 is 1.66 bits per heavy atom. The Labute approximate surface area is 172 Å². The van der Waals surface area contributed by atoms with Gasteiger partial charge in [-0.3, -0.25) is 14.5 Å².